The molecule has 0 aliphatic heterocycles. The van der Waals surface area contributed by atoms with Crippen LogP contribution in [0.5, 0.6) is 0 Å². The third-order valence-electron chi connectivity index (χ3n) is 2.58. The summed E-state index contributed by atoms with van der Waals surface area (Å²) in [5, 5.41) is 0. The molecule has 4 heteroatoms. The maximum Gasteiger partial charge on any atom is 0.337 e. The van der Waals surface area contributed by atoms with Gasteiger partial charge in [0.25, 0.3) is 0 Å². The van der Waals surface area contributed by atoms with E-state index in [1.165, 1.54) is 17.6 Å². The number of halogens is 1. The van der Waals surface area contributed by atoms with Gasteiger partial charge >= 0.3 is 5.97 Å². The summed E-state index contributed by atoms with van der Waals surface area (Å²) in [6.45, 7) is 0. The largest absolute Gasteiger partial charge is 0.465 e. The van der Waals surface area contributed by atoms with Crippen LogP contribution in [0.2, 0.25) is 0 Å². The molecule has 0 fully saturated rings. The van der Waals surface area contributed by atoms with Gasteiger partial charge in [-0.3, -0.25) is 0 Å². The van der Waals surface area contributed by atoms with Gasteiger partial charge in [-0.25, -0.2) is 4.79 Å². The first-order valence-corrected chi connectivity index (χ1v) is 7.52. The van der Waals surface area contributed by atoms with Crippen molar-refractivity contribution in [1.29, 1.82) is 0 Å². The number of esters is 1. The first kappa shape index (κ1) is 14.2. The molecule has 2 aromatic carbocycles. The number of hydrogen-bond acceptors (Lipinski definition) is 3. The number of hydrogen-bond donors (Lipinski definition) is 0. The molecule has 0 amide bonds. The fraction of sp³-hybridized carbons (Fsp3) is 0.133. The SMILES string of the molecule is COC(=O)c1ccc(CSc2cccc(Br)c2)cc1. The van der Waals surface area contributed by atoms with Crippen LogP contribution in [0.1, 0.15) is 15.9 Å². The molecule has 0 N–H and O–H groups in total. The Hall–Kier alpha value is -1.26. The number of ether oxygens (including phenoxy) is 1. The second-order valence-electron chi connectivity index (χ2n) is 3.93. The van der Waals surface area contributed by atoms with Crippen molar-refractivity contribution in [1.82, 2.24) is 0 Å². The zero-order valence-corrected chi connectivity index (χ0v) is 12.8. The molecule has 0 aliphatic rings. The summed E-state index contributed by atoms with van der Waals surface area (Å²) < 4.78 is 5.75. The fourth-order valence-electron chi connectivity index (χ4n) is 1.58. The lowest BCUT2D eigenvalue weighted by Crippen LogP contribution is -2.00. The summed E-state index contributed by atoms with van der Waals surface area (Å²) in [6, 6.07) is 15.7. The van der Waals surface area contributed by atoms with Gasteiger partial charge in [-0.15, -0.1) is 11.8 Å². The van der Waals surface area contributed by atoms with Crippen molar-refractivity contribution in [2.75, 3.05) is 7.11 Å². The van der Waals surface area contributed by atoms with Crippen LogP contribution in [0.15, 0.2) is 57.9 Å². The van der Waals surface area contributed by atoms with Crippen LogP contribution < -0.4 is 0 Å². The first-order chi connectivity index (χ1) is 9.19. The van der Waals surface area contributed by atoms with E-state index in [-0.39, 0.29) is 5.97 Å². The third kappa shape index (κ3) is 4.11. The quantitative estimate of drug-likeness (QED) is 0.606. The van der Waals surface area contributed by atoms with Crippen LogP contribution in [0, 0.1) is 0 Å². The Balaban J connectivity index is 1.98. The molecule has 0 radical (unpaired) electrons. The van der Waals surface area contributed by atoms with E-state index in [1.807, 2.05) is 24.3 Å². The van der Waals surface area contributed by atoms with Crippen molar-refractivity contribution >= 4 is 33.7 Å². The van der Waals surface area contributed by atoms with Crippen molar-refractivity contribution in [3.63, 3.8) is 0 Å². The Bertz CT molecular complexity index is 567. The molecule has 0 heterocycles. The molecule has 0 unspecified atom stereocenters. The molecule has 2 nitrogen and oxygen atoms in total. The van der Waals surface area contributed by atoms with Gasteiger partial charge in [0.2, 0.25) is 0 Å². The van der Waals surface area contributed by atoms with Gasteiger partial charge in [0.15, 0.2) is 0 Å². The lowest BCUT2D eigenvalue weighted by atomic mass is 10.1. The minimum absolute atomic E-state index is 0.300. The highest BCUT2D eigenvalue weighted by molar-refractivity contribution is 9.10. The Morgan fingerprint density at radius 2 is 1.95 bits per heavy atom. The average Bonchev–Trinajstić information content (AvgIpc) is 2.45. The lowest BCUT2D eigenvalue weighted by Gasteiger charge is -2.04. The van der Waals surface area contributed by atoms with E-state index in [1.54, 1.807) is 23.9 Å². The summed E-state index contributed by atoms with van der Waals surface area (Å²) >= 11 is 5.22. The van der Waals surface area contributed by atoms with Gasteiger partial charge in [0.05, 0.1) is 12.7 Å². The number of thioether (sulfide) groups is 1. The molecule has 0 bridgehead atoms. The predicted octanol–water partition coefficient (Wildman–Crippen LogP) is 4.53. The van der Waals surface area contributed by atoms with Gasteiger partial charge in [-0.05, 0) is 35.9 Å². The molecule has 2 rings (SSSR count). The summed E-state index contributed by atoms with van der Waals surface area (Å²) in [4.78, 5) is 12.5. The van der Waals surface area contributed by atoms with E-state index < -0.39 is 0 Å². The molecule has 0 saturated heterocycles. The minimum atomic E-state index is -0.300. The Kier molecular flexibility index (Phi) is 5.05. The zero-order chi connectivity index (χ0) is 13.7. The van der Waals surface area contributed by atoms with Crippen molar-refractivity contribution in [2.45, 2.75) is 10.6 Å². The highest BCUT2D eigenvalue weighted by Crippen LogP contribution is 2.25. The van der Waals surface area contributed by atoms with Crippen LogP contribution in [0.4, 0.5) is 0 Å². The van der Waals surface area contributed by atoms with Gasteiger partial charge in [0.1, 0.15) is 0 Å². The molecule has 2 aromatic rings. The third-order valence-corrected chi connectivity index (χ3v) is 4.13. The molecule has 0 saturated carbocycles. The molecule has 0 spiro atoms. The van der Waals surface area contributed by atoms with E-state index in [4.69, 9.17) is 0 Å². The van der Waals surface area contributed by atoms with Crippen molar-refractivity contribution in [3.8, 4) is 0 Å². The second-order valence-corrected chi connectivity index (χ2v) is 5.90. The molecule has 98 valence electrons. The summed E-state index contributed by atoms with van der Waals surface area (Å²) in [5.41, 5.74) is 1.76. The predicted molar refractivity (Wildman–Crippen MR) is 81.5 cm³/mol. The highest BCUT2D eigenvalue weighted by atomic mass is 79.9. The van der Waals surface area contributed by atoms with E-state index in [0.29, 0.717) is 5.56 Å². The Morgan fingerprint density at radius 3 is 2.58 bits per heavy atom. The van der Waals surface area contributed by atoms with Crippen LogP contribution in [0.3, 0.4) is 0 Å². The average molecular weight is 337 g/mol. The minimum Gasteiger partial charge on any atom is -0.465 e. The van der Waals surface area contributed by atoms with Gasteiger partial charge in [-0.2, -0.15) is 0 Å². The number of carbonyl (C=O) groups is 1. The molecular weight excluding hydrogens is 324 g/mol. The number of methoxy groups -OCH3 is 1. The van der Waals surface area contributed by atoms with Gasteiger partial charge in [0, 0.05) is 15.1 Å². The van der Waals surface area contributed by atoms with E-state index in [2.05, 4.69) is 32.8 Å². The van der Waals surface area contributed by atoms with Crippen molar-refractivity contribution in [3.05, 3.63) is 64.1 Å². The maximum atomic E-state index is 11.3. The normalized spacial score (nSPS) is 10.2. The second kappa shape index (κ2) is 6.78. The van der Waals surface area contributed by atoms with Crippen molar-refractivity contribution < 1.29 is 9.53 Å². The monoisotopic (exact) mass is 336 g/mol. The number of benzene rings is 2. The topological polar surface area (TPSA) is 26.3 Å². The maximum absolute atomic E-state index is 11.3. The van der Waals surface area contributed by atoms with Gasteiger partial charge in [-0.1, -0.05) is 34.1 Å². The number of rotatable bonds is 4. The summed E-state index contributed by atoms with van der Waals surface area (Å²) in [6.07, 6.45) is 0. The lowest BCUT2D eigenvalue weighted by molar-refractivity contribution is 0.0601. The van der Waals surface area contributed by atoms with E-state index in [9.17, 15) is 4.79 Å². The van der Waals surface area contributed by atoms with E-state index >= 15 is 0 Å². The highest BCUT2D eigenvalue weighted by Gasteiger charge is 2.04. The Morgan fingerprint density at radius 1 is 1.21 bits per heavy atom. The molecule has 0 aliphatic carbocycles. The zero-order valence-electron chi connectivity index (χ0n) is 10.4. The molecular formula is C15H13BrO2S. The fourth-order valence-corrected chi connectivity index (χ4v) is 3.04. The first-order valence-electron chi connectivity index (χ1n) is 5.74. The van der Waals surface area contributed by atoms with Gasteiger partial charge < -0.3 is 4.74 Å². The Labute approximate surface area is 125 Å². The summed E-state index contributed by atoms with van der Waals surface area (Å²) in [5.74, 6) is 0.573. The van der Waals surface area contributed by atoms with E-state index in [0.717, 1.165) is 10.2 Å². The molecule has 0 aromatic heterocycles. The van der Waals surface area contributed by atoms with Crippen LogP contribution in [-0.4, -0.2) is 13.1 Å². The van der Waals surface area contributed by atoms with Crippen molar-refractivity contribution in [2.24, 2.45) is 0 Å². The van der Waals surface area contributed by atoms with Crippen LogP contribution in [-0.2, 0) is 10.5 Å². The van der Waals surface area contributed by atoms with Crippen LogP contribution >= 0.6 is 27.7 Å². The summed E-state index contributed by atoms with van der Waals surface area (Å²) in [7, 11) is 1.39. The number of carbonyl (C=O) groups excluding carboxylic acids is 1. The van der Waals surface area contributed by atoms with Crippen LogP contribution in [0.25, 0.3) is 0 Å². The smallest absolute Gasteiger partial charge is 0.337 e. The molecule has 0 atom stereocenters. The molecule has 19 heavy (non-hydrogen) atoms. The standard InChI is InChI=1S/C15H13BrO2S/c1-18-15(17)12-7-5-11(6-8-12)10-19-14-4-2-3-13(16)9-14/h2-9H,10H2,1H3.